The molecule has 0 aliphatic rings. The first-order chi connectivity index (χ1) is 8.99. The molecule has 4 N–H and O–H groups in total. The second-order valence-corrected chi connectivity index (χ2v) is 3.98. The van der Waals surface area contributed by atoms with Gasteiger partial charge in [0.25, 0.3) is 0 Å². The van der Waals surface area contributed by atoms with Gasteiger partial charge >= 0.3 is 0 Å². The van der Waals surface area contributed by atoms with Crippen molar-refractivity contribution < 1.29 is 18.8 Å². The highest BCUT2D eigenvalue weighted by molar-refractivity contribution is 6.07. The highest BCUT2D eigenvalue weighted by Crippen LogP contribution is 2.15. The van der Waals surface area contributed by atoms with E-state index in [1.54, 1.807) is 0 Å². The highest BCUT2D eigenvalue weighted by Gasteiger charge is 2.22. The van der Waals surface area contributed by atoms with Crippen molar-refractivity contribution in [2.24, 2.45) is 16.8 Å². The van der Waals surface area contributed by atoms with Gasteiger partial charge in [-0.25, -0.2) is 8.78 Å². The van der Waals surface area contributed by atoms with E-state index in [2.05, 4.69) is 10.5 Å². The van der Waals surface area contributed by atoms with Gasteiger partial charge in [0, 0.05) is 11.8 Å². The van der Waals surface area contributed by atoms with Crippen molar-refractivity contribution in [3.8, 4) is 0 Å². The zero-order chi connectivity index (χ0) is 14.4. The lowest BCUT2D eigenvalue weighted by atomic mass is 10.0. The summed E-state index contributed by atoms with van der Waals surface area (Å²) in [5.74, 6) is -3.64. The molecule has 1 aromatic carbocycles. The normalized spacial score (nSPS) is 13.1. The topological polar surface area (TPSA) is 87.7 Å². The van der Waals surface area contributed by atoms with Gasteiger partial charge in [-0.05, 0) is 18.6 Å². The molecule has 0 aromatic heterocycles. The number of carbonyl (C=O) groups is 1. The molecule has 19 heavy (non-hydrogen) atoms. The van der Waals surface area contributed by atoms with Crippen molar-refractivity contribution in [2.75, 3.05) is 5.32 Å². The molecule has 1 unspecified atom stereocenters. The molecule has 1 amide bonds. The number of hydrogen-bond donors (Lipinski definition) is 3. The number of benzene rings is 1. The lowest BCUT2D eigenvalue weighted by molar-refractivity contribution is -0.118. The van der Waals surface area contributed by atoms with Crippen LogP contribution < -0.4 is 11.1 Å². The van der Waals surface area contributed by atoms with Crippen LogP contribution in [-0.2, 0) is 4.79 Å². The van der Waals surface area contributed by atoms with Crippen LogP contribution in [0.3, 0.4) is 0 Å². The first kappa shape index (κ1) is 14.9. The highest BCUT2D eigenvalue weighted by atomic mass is 19.2. The van der Waals surface area contributed by atoms with Crippen LogP contribution in [0.2, 0.25) is 0 Å². The van der Waals surface area contributed by atoms with E-state index in [1.807, 2.05) is 6.92 Å². The van der Waals surface area contributed by atoms with E-state index in [-0.39, 0.29) is 11.5 Å². The molecule has 0 bridgehead atoms. The van der Waals surface area contributed by atoms with Gasteiger partial charge in [-0.3, -0.25) is 4.79 Å². The van der Waals surface area contributed by atoms with Gasteiger partial charge in [-0.2, -0.15) is 0 Å². The Morgan fingerprint density at radius 1 is 1.47 bits per heavy atom. The standard InChI is InChI=1S/C12H15F2N3O2/c1-2-3-8(11(15)17-19)12(18)16-7-4-5-9(13)10(14)6-7/h4-6,8,19H,2-3H2,1H3,(H2,15,17)(H,16,18). The largest absolute Gasteiger partial charge is 0.409 e. The van der Waals surface area contributed by atoms with Gasteiger partial charge in [0.1, 0.15) is 0 Å². The summed E-state index contributed by atoms with van der Waals surface area (Å²) in [6, 6.07) is 3.00. The van der Waals surface area contributed by atoms with Crippen LogP contribution in [0, 0.1) is 17.6 Å². The van der Waals surface area contributed by atoms with Crippen molar-refractivity contribution in [3.63, 3.8) is 0 Å². The van der Waals surface area contributed by atoms with E-state index in [0.717, 1.165) is 12.1 Å². The molecular weight excluding hydrogens is 256 g/mol. The van der Waals surface area contributed by atoms with Crippen molar-refractivity contribution in [2.45, 2.75) is 19.8 Å². The molecule has 0 aliphatic heterocycles. The molecular formula is C12H15F2N3O2. The number of nitrogens with zero attached hydrogens (tertiary/aromatic N) is 1. The maximum Gasteiger partial charge on any atom is 0.235 e. The Labute approximate surface area is 109 Å². The first-order valence-electron chi connectivity index (χ1n) is 5.73. The third-order valence-electron chi connectivity index (χ3n) is 2.55. The monoisotopic (exact) mass is 271 g/mol. The zero-order valence-corrected chi connectivity index (χ0v) is 10.4. The zero-order valence-electron chi connectivity index (χ0n) is 10.4. The molecule has 1 rings (SSSR count). The van der Waals surface area contributed by atoms with E-state index < -0.39 is 23.5 Å². The summed E-state index contributed by atoms with van der Waals surface area (Å²) in [4.78, 5) is 11.9. The quantitative estimate of drug-likeness (QED) is 0.331. The van der Waals surface area contributed by atoms with Crippen molar-refractivity contribution in [3.05, 3.63) is 29.8 Å². The lowest BCUT2D eigenvalue weighted by Gasteiger charge is -2.14. The Hall–Kier alpha value is -2.18. The van der Waals surface area contributed by atoms with Crippen LogP contribution >= 0.6 is 0 Å². The Morgan fingerprint density at radius 2 is 2.16 bits per heavy atom. The third kappa shape index (κ3) is 3.90. The predicted molar refractivity (Wildman–Crippen MR) is 66.8 cm³/mol. The van der Waals surface area contributed by atoms with Gasteiger partial charge in [-0.15, -0.1) is 0 Å². The molecule has 0 saturated heterocycles. The molecule has 104 valence electrons. The molecule has 0 radical (unpaired) electrons. The first-order valence-corrected chi connectivity index (χ1v) is 5.73. The van der Waals surface area contributed by atoms with Crippen molar-refractivity contribution >= 4 is 17.4 Å². The summed E-state index contributed by atoms with van der Waals surface area (Å²) in [5, 5.41) is 13.8. The number of nitrogens with one attached hydrogen (secondary N) is 1. The Balaban J connectivity index is 2.84. The van der Waals surface area contributed by atoms with Gasteiger partial charge in [0.05, 0.1) is 5.92 Å². The average molecular weight is 271 g/mol. The predicted octanol–water partition coefficient (Wildman–Crippen LogP) is 2.07. The number of oxime groups is 1. The van der Waals surface area contributed by atoms with Crippen LogP contribution in [0.4, 0.5) is 14.5 Å². The number of rotatable bonds is 5. The molecule has 0 spiro atoms. The fourth-order valence-electron chi connectivity index (χ4n) is 1.57. The van der Waals surface area contributed by atoms with Crippen LogP contribution in [-0.4, -0.2) is 17.0 Å². The minimum atomic E-state index is -1.06. The van der Waals surface area contributed by atoms with Crippen LogP contribution in [0.5, 0.6) is 0 Å². The molecule has 0 aliphatic carbocycles. The fraction of sp³-hybridized carbons (Fsp3) is 0.333. The van der Waals surface area contributed by atoms with E-state index >= 15 is 0 Å². The number of carbonyl (C=O) groups excluding carboxylic acids is 1. The smallest absolute Gasteiger partial charge is 0.235 e. The Bertz CT molecular complexity index is 492. The number of hydrogen-bond acceptors (Lipinski definition) is 3. The number of halogens is 2. The molecule has 0 saturated carbocycles. The minimum Gasteiger partial charge on any atom is -0.409 e. The molecule has 5 nitrogen and oxygen atoms in total. The molecule has 1 aromatic rings. The van der Waals surface area contributed by atoms with Gasteiger partial charge in [-0.1, -0.05) is 18.5 Å². The van der Waals surface area contributed by atoms with E-state index in [9.17, 15) is 13.6 Å². The number of amides is 1. The number of nitrogens with two attached hydrogens (primary N) is 1. The fourth-order valence-corrected chi connectivity index (χ4v) is 1.57. The Kier molecular flexibility index (Phi) is 5.23. The van der Waals surface area contributed by atoms with E-state index in [4.69, 9.17) is 10.9 Å². The van der Waals surface area contributed by atoms with E-state index in [1.165, 1.54) is 6.07 Å². The molecule has 0 fully saturated rings. The van der Waals surface area contributed by atoms with Crippen LogP contribution in [0.1, 0.15) is 19.8 Å². The maximum atomic E-state index is 13.0. The van der Waals surface area contributed by atoms with Gasteiger partial charge in [0.2, 0.25) is 5.91 Å². The minimum absolute atomic E-state index is 0.107. The summed E-state index contributed by atoms with van der Waals surface area (Å²) in [6.07, 6.45) is 1.03. The second kappa shape index (κ2) is 6.67. The second-order valence-electron chi connectivity index (χ2n) is 3.98. The number of anilines is 1. The summed E-state index contributed by atoms with van der Waals surface area (Å²) >= 11 is 0. The average Bonchev–Trinajstić information content (AvgIpc) is 2.39. The van der Waals surface area contributed by atoms with Crippen LogP contribution in [0.25, 0.3) is 0 Å². The Morgan fingerprint density at radius 3 is 2.68 bits per heavy atom. The third-order valence-corrected chi connectivity index (χ3v) is 2.55. The summed E-state index contributed by atoms with van der Waals surface area (Å²) in [5.41, 5.74) is 5.52. The SMILES string of the molecule is CCCC(C(=O)Nc1ccc(F)c(F)c1)C(N)=NO. The summed E-state index contributed by atoms with van der Waals surface area (Å²) < 4.78 is 25.7. The van der Waals surface area contributed by atoms with Crippen LogP contribution in [0.15, 0.2) is 23.4 Å². The van der Waals surface area contributed by atoms with Crippen molar-refractivity contribution in [1.82, 2.24) is 0 Å². The molecule has 1 atom stereocenters. The lowest BCUT2D eigenvalue weighted by Crippen LogP contribution is -2.34. The van der Waals surface area contributed by atoms with Gasteiger partial charge in [0.15, 0.2) is 17.5 Å². The van der Waals surface area contributed by atoms with Gasteiger partial charge < -0.3 is 16.3 Å². The summed E-state index contributed by atoms with van der Waals surface area (Å²) in [7, 11) is 0. The number of amidine groups is 1. The molecule has 7 heteroatoms. The maximum absolute atomic E-state index is 13.0. The molecule has 0 heterocycles. The van der Waals surface area contributed by atoms with E-state index in [0.29, 0.717) is 12.8 Å². The van der Waals surface area contributed by atoms with Crippen molar-refractivity contribution in [1.29, 1.82) is 0 Å². The summed E-state index contributed by atoms with van der Waals surface area (Å²) in [6.45, 7) is 1.84.